The molecule has 116 valence electrons. The van der Waals surface area contributed by atoms with Gasteiger partial charge in [-0.1, -0.05) is 52.6 Å². The second-order valence-corrected chi connectivity index (χ2v) is 8.38. The Labute approximate surface area is 147 Å². The summed E-state index contributed by atoms with van der Waals surface area (Å²) >= 11 is 18.2. The van der Waals surface area contributed by atoms with Crippen LogP contribution in [0.5, 0.6) is 0 Å². The van der Waals surface area contributed by atoms with Gasteiger partial charge in [0.1, 0.15) is 6.61 Å². The van der Waals surface area contributed by atoms with Crippen LogP contribution in [0.3, 0.4) is 0 Å². The standard InChI is InChI=1S/C14H11Cl3N2O2S/c15-14(16,17)22-12-5-3-11(4-6-12)19-13(20)21-9-10-2-1-7-18-8-10/h1-8H,9H2,(H,19,20). The summed E-state index contributed by atoms with van der Waals surface area (Å²) in [4.78, 5) is 16.4. The fourth-order valence-electron chi connectivity index (χ4n) is 1.53. The highest BCUT2D eigenvalue weighted by atomic mass is 35.6. The summed E-state index contributed by atoms with van der Waals surface area (Å²) in [7, 11) is 0. The number of nitrogens with one attached hydrogen (secondary N) is 1. The van der Waals surface area contributed by atoms with Gasteiger partial charge in [0.05, 0.1) is 0 Å². The molecule has 0 fully saturated rings. The molecule has 0 saturated carbocycles. The van der Waals surface area contributed by atoms with E-state index >= 15 is 0 Å². The highest BCUT2D eigenvalue weighted by Crippen LogP contribution is 2.43. The quantitative estimate of drug-likeness (QED) is 0.584. The van der Waals surface area contributed by atoms with Gasteiger partial charge in [-0.2, -0.15) is 0 Å². The summed E-state index contributed by atoms with van der Waals surface area (Å²) in [6.45, 7) is 0.154. The number of alkyl halides is 3. The number of anilines is 1. The lowest BCUT2D eigenvalue weighted by Crippen LogP contribution is -2.13. The van der Waals surface area contributed by atoms with Crippen LogP contribution in [0.4, 0.5) is 10.5 Å². The zero-order chi connectivity index (χ0) is 16.0. The Balaban J connectivity index is 1.84. The van der Waals surface area contributed by atoms with Crippen LogP contribution >= 0.6 is 46.6 Å². The number of amides is 1. The number of hydrogen-bond donors (Lipinski definition) is 1. The van der Waals surface area contributed by atoms with Crippen molar-refractivity contribution >= 4 is 58.3 Å². The van der Waals surface area contributed by atoms with E-state index in [-0.39, 0.29) is 6.61 Å². The number of halogens is 3. The van der Waals surface area contributed by atoms with Gasteiger partial charge in [-0.25, -0.2) is 4.79 Å². The number of rotatable bonds is 4. The molecule has 1 aromatic carbocycles. The molecule has 1 aromatic heterocycles. The summed E-state index contributed by atoms with van der Waals surface area (Å²) in [5, 5.41) is 2.61. The van der Waals surface area contributed by atoms with Gasteiger partial charge in [0.25, 0.3) is 0 Å². The Morgan fingerprint density at radius 3 is 2.55 bits per heavy atom. The lowest BCUT2D eigenvalue weighted by Gasteiger charge is -2.11. The average molecular weight is 378 g/mol. The molecule has 1 amide bonds. The molecule has 1 N–H and O–H groups in total. The van der Waals surface area contributed by atoms with E-state index in [1.165, 1.54) is 0 Å². The first-order valence-electron chi connectivity index (χ1n) is 6.11. The number of carbonyl (C=O) groups excluding carboxylic acids is 1. The second kappa shape index (κ2) is 7.92. The molecular weight excluding hydrogens is 367 g/mol. The molecule has 0 radical (unpaired) electrons. The lowest BCUT2D eigenvalue weighted by atomic mass is 10.3. The van der Waals surface area contributed by atoms with E-state index in [9.17, 15) is 4.79 Å². The monoisotopic (exact) mass is 376 g/mol. The zero-order valence-electron chi connectivity index (χ0n) is 11.1. The van der Waals surface area contributed by atoms with Crippen molar-refractivity contribution < 1.29 is 9.53 Å². The Kier molecular flexibility index (Phi) is 6.20. The van der Waals surface area contributed by atoms with E-state index in [1.807, 2.05) is 6.07 Å². The Morgan fingerprint density at radius 1 is 1.23 bits per heavy atom. The highest BCUT2D eigenvalue weighted by molar-refractivity contribution is 8.04. The van der Waals surface area contributed by atoms with Gasteiger partial charge in [0.15, 0.2) is 0 Å². The zero-order valence-corrected chi connectivity index (χ0v) is 14.2. The molecular formula is C14H11Cl3N2O2S. The van der Waals surface area contributed by atoms with Crippen LogP contribution in [0, 0.1) is 0 Å². The van der Waals surface area contributed by atoms with Crippen LogP contribution in [0.1, 0.15) is 5.56 Å². The van der Waals surface area contributed by atoms with Crippen molar-refractivity contribution in [3.8, 4) is 0 Å². The molecule has 2 rings (SSSR count). The van der Waals surface area contributed by atoms with Gasteiger partial charge < -0.3 is 4.74 Å². The van der Waals surface area contributed by atoms with Gasteiger partial charge in [0, 0.05) is 28.5 Å². The van der Waals surface area contributed by atoms with E-state index in [4.69, 9.17) is 39.5 Å². The maximum Gasteiger partial charge on any atom is 0.411 e. The molecule has 0 unspecified atom stereocenters. The number of nitrogens with zero attached hydrogens (tertiary/aromatic N) is 1. The summed E-state index contributed by atoms with van der Waals surface area (Å²) in [6.07, 6.45) is 2.74. The van der Waals surface area contributed by atoms with Crippen molar-refractivity contribution in [2.24, 2.45) is 0 Å². The number of ether oxygens (including phenoxy) is 1. The number of carbonyl (C=O) groups is 1. The van der Waals surface area contributed by atoms with E-state index < -0.39 is 9.22 Å². The van der Waals surface area contributed by atoms with Crippen LogP contribution in [-0.2, 0) is 11.3 Å². The van der Waals surface area contributed by atoms with Gasteiger partial charge in [-0.3, -0.25) is 10.3 Å². The number of hydrogen-bond acceptors (Lipinski definition) is 4. The van der Waals surface area contributed by atoms with Gasteiger partial charge in [-0.05, 0) is 30.3 Å². The SMILES string of the molecule is O=C(Nc1ccc(SC(Cl)(Cl)Cl)cc1)OCc1cccnc1. The molecule has 0 bridgehead atoms. The maximum atomic E-state index is 11.7. The summed E-state index contributed by atoms with van der Waals surface area (Å²) < 4.78 is 3.67. The van der Waals surface area contributed by atoms with E-state index in [2.05, 4.69) is 10.3 Å². The third-order valence-electron chi connectivity index (χ3n) is 2.43. The van der Waals surface area contributed by atoms with Crippen molar-refractivity contribution in [3.05, 3.63) is 54.4 Å². The van der Waals surface area contributed by atoms with Crippen molar-refractivity contribution in [2.45, 2.75) is 14.6 Å². The summed E-state index contributed by atoms with van der Waals surface area (Å²) in [6, 6.07) is 10.5. The maximum absolute atomic E-state index is 11.7. The van der Waals surface area contributed by atoms with Gasteiger partial charge >= 0.3 is 6.09 Å². The smallest absolute Gasteiger partial charge is 0.411 e. The predicted octanol–water partition coefficient (Wildman–Crippen LogP) is 5.25. The summed E-state index contributed by atoms with van der Waals surface area (Å²) in [5.74, 6) is 0. The van der Waals surface area contributed by atoms with E-state index in [0.29, 0.717) is 5.69 Å². The minimum absolute atomic E-state index is 0.154. The molecule has 0 aliphatic carbocycles. The predicted molar refractivity (Wildman–Crippen MR) is 90.6 cm³/mol. The van der Waals surface area contributed by atoms with Crippen LogP contribution in [-0.4, -0.2) is 14.2 Å². The number of benzene rings is 1. The number of pyridine rings is 1. The molecule has 0 spiro atoms. The van der Waals surface area contributed by atoms with Crippen molar-refractivity contribution in [2.75, 3.05) is 5.32 Å². The molecule has 8 heteroatoms. The highest BCUT2D eigenvalue weighted by Gasteiger charge is 2.21. The molecule has 0 aliphatic rings. The second-order valence-electron chi connectivity index (χ2n) is 4.13. The molecule has 1 heterocycles. The molecule has 22 heavy (non-hydrogen) atoms. The fraction of sp³-hybridized carbons (Fsp3) is 0.143. The Bertz CT molecular complexity index is 618. The topological polar surface area (TPSA) is 51.2 Å². The molecule has 2 aromatic rings. The van der Waals surface area contributed by atoms with Crippen LogP contribution in [0.2, 0.25) is 0 Å². The van der Waals surface area contributed by atoms with E-state index in [0.717, 1.165) is 22.2 Å². The summed E-state index contributed by atoms with van der Waals surface area (Å²) in [5.41, 5.74) is 1.40. The first kappa shape index (κ1) is 17.2. The molecule has 0 saturated heterocycles. The fourth-order valence-corrected chi connectivity index (χ4v) is 2.87. The lowest BCUT2D eigenvalue weighted by molar-refractivity contribution is 0.155. The van der Waals surface area contributed by atoms with Crippen molar-refractivity contribution in [1.29, 1.82) is 0 Å². The normalized spacial score (nSPS) is 11.0. The minimum atomic E-state index is -1.42. The number of aromatic nitrogens is 1. The van der Waals surface area contributed by atoms with E-state index in [1.54, 1.807) is 42.7 Å². The average Bonchev–Trinajstić information content (AvgIpc) is 2.47. The molecule has 0 atom stereocenters. The Hall–Kier alpha value is -1.14. The third-order valence-corrected chi connectivity index (χ3v) is 3.86. The van der Waals surface area contributed by atoms with Crippen LogP contribution in [0.15, 0.2) is 53.7 Å². The minimum Gasteiger partial charge on any atom is -0.444 e. The molecule has 4 nitrogen and oxygen atoms in total. The third kappa shape index (κ3) is 6.32. The largest absolute Gasteiger partial charge is 0.444 e. The number of thioether (sulfide) groups is 1. The van der Waals surface area contributed by atoms with Gasteiger partial charge in [-0.15, -0.1) is 0 Å². The van der Waals surface area contributed by atoms with Crippen molar-refractivity contribution in [3.63, 3.8) is 0 Å². The van der Waals surface area contributed by atoms with Crippen LogP contribution < -0.4 is 5.32 Å². The van der Waals surface area contributed by atoms with Crippen LogP contribution in [0.25, 0.3) is 0 Å². The Morgan fingerprint density at radius 2 is 1.95 bits per heavy atom. The molecule has 0 aliphatic heterocycles. The van der Waals surface area contributed by atoms with Crippen molar-refractivity contribution in [1.82, 2.24) is 4.98 Å². The first-order valence-corrected chi connectivity index (χ1v) is 8.06. The first-order chi connectivity index (χ1) is 10.4. The van der Waals surface area contributed by atoms with Gasteiger partial charge in [0.2, 0.25) is 3.12 Å².